The van der Waals surface area contributed by atoms with Crippen molar-refractivity contribution in [3.05, 3.63) is 77.2 Å². The van der Waals surface area contributed by atoms with Crippen LogP contribution in [0.2, 0.25) is 0 Å². The first-order valence-corrected chi connectivity index (χ1v) is 12.7. The van der Waals surface area contributed by atoms with Crippen molar-refractivity contribution in [1.29, 1.82) is 0 Å². The number of amides is 2. The van der Waals surface area contributed by atoms with E-state index < -0.39 is 0 Å². The summed E-state index contributed by atoms with van der Waals surface area (Å²) >= 11 is 2.81. The number of hydrogen-bond donors (Lipinski definition) is 0. The Morgan fingerprint density at radius 2 is 1.71 bits per heavy atom. The summed E-state index contributed by atoms with van der Waals surface area (Å²) in [5.74, 6) is 0.987. The van der Waals surface area contributed by atoms with Crippen LogP contribution in [0.5, 0.6) is 0 Å². The van der Waals surface area contributed by atoms with E-state index in [4.69, 9.17) is 0 Å². The SMILES string of the molecule is O=C(CSc1nnc(-c2cccnc2)n1-c1ccccc1)N1CCN(C(=O)c2cccs2)CC1. The second-order valence-electron chi connectivity index (χ2n) is 7.66. The third-order valence-corrected chi connectivity index (χ3v) is 7.32. The summed E-state index contributed by atoms with van der Waals surface area (Å²) in [6, 6.07) is 17.4. The number of thioether (sulfide) groups is 1. The molecule has 172 valence electrons. The molecule has 2 amide bonds. The van der Waals surface area contributed by atoms with E-state index >= 15 is 0 Å². The first-order chi connectivity index (χ1) is 16.7. The van der Waals surface area contributed by atoms with Gasteiger partial charge >= 0.3 is 0 Å². The number of carbonyl (C=O) groups is 2. The van der Waals surface area contributed by atoms with E-state index in [1.807, 2.05) is 74.3 Å². The minimum absolute atomic E-state index is 0.0266. The second kappa shape index (κ2) is 10.2. The molecule has 0 spiro atoms. The van der Waals surface area contributed by atoms with E-state index in [1.165, 1.54) is 23.1 Å². The maximum Gasteiger partial charge on any atom is 0.264 e. The van der Waals surface area contributed by atoms with E-state index in [1.54, 1.807) is 12.4 Å². The number of para-hydroxylation sites is 1. The Hall–Kier alpha value is -3.50. The summed E-state index contributed by atoms with van der Waals surface area (Å²) in [5.41, 5.74) is 1.77. The molecule has 1 aliphatic heterocycles. The van der Waals surface area contributed by atoms with Crippen molar-refractivity contribution in [2.24, 2.45) is 0 Å². The molecule has 1 aliphatic rings. The Morgan fingerprint density at radius 3 is 2.41 bits per heavy atom. The standard InChI is InChI=1S/C24H22N6O2S2/c31-21(28-11-13-29(14-12-28)23(32)20-9-5-15-33-20)17-34-24-27-26-22(18-6-4-10-25-16-18)30(24)19-7-2-1-3-8-19/h1-10,15-16H,11-14,17H2. The van der Waals surface area contributed by atoms with Crippen LogP contribution in [0.25, 0.3) is 17.1 Å². The predicted molar refractivity (Wildman–Crippen MR) is 132 cm³/mol. The summed E-state index contributed by atoms with van der Waals surface area (Å²) in [7, 11) is 0. The van der Waals surface area contributed by atoms with Gasteiger partial charge in [-0.25, -0.2) is 0 Å². The maximum absolute atomic E-state index is 12.9. The molecule has 1 fully saturated rings. The van der Waals surface area contributed by atoms with Gasteiger partial charge in [-0.1, -0.05) is 36.0 Å². The van der Waals surface area contributed by atoms with Crippen molar-refractivity contribution < 1.29 is 9.59 Å². The number of hydrogen-bond acceptors (Lipinski definition) is 7. The van der Waals surface area contributed by atoms with Crippen molar-refractivity contribution in [1.82, 2.24) is 29.5 Å². The molecular weight excluding hydrogens is 468 g/mol. The number of rotatable bonds is 6. The summed E-state index contributed by atoms with van der Waals surface area (Å²) in [5, 5.41) is 11.3. The van der Waals surface area contributed by atoms with Gasteiger partial charge in [-0.15, -0.1) is 21.5 Å². The van der Waals surface area contributed by atoms with Crippen LogP contribution in [0, 0.1) is 0 Å². The van der Waals surface area contributed by atoms with E-state index in [-0.39, 0.29) is 17.6 Å². The summed E-state index contributed by atoms with van der Waals surface area (Å²) in [6.45, 7) is 2.14. The van der Waals surface area contributed by atoms with Gasteiger partial charge in [0.1, 0.15) is 0 Å². The number of nitrogens with zero attached hydrogens (tertiary/aromatic N) is 6. The molecule has 8 nitrogen and oxygen atoms in total. The minimum Gasteiger partial charge on any atom is -0.338 e. The summed E-state index contributed by atoms with van der Waals surface area (Å²) in [4.78, 5) is 34.0. The molecule has 0 aliphatic carbocycles. The average Bonchev–Trinajstić information content (AvgIpc) is 3.59. The second-order valence-corrected chi connectivity index (χ2v) is 9.55. The monoisotopic (exact) mass is 490 g/mol. The number of piperazine rings is 1. The molecule has 0 unspecified atom stereocenters. The summed E-state index contributed by atoms with van der Waals surface area (Å²) in [6.07, 6.45) is 3.47. The topological polar surface area (TPSA) is 84.2 Å². The average molecular weight is 491 g/mol. The number of benzene rings is 1. The van der Waals surface area contributed by atoms with Crippen LogP contribution in [-0.4, -0.2) is 73.3 Å². The third kappa shape index (κ3) is 4.73. The highest BCUT2D eigenvalue weighted by Gasteiger charge is 2.26. The van der Waals surface area contributed by atoms with Crippen molar-refractivity contribution in [3.63, 3.8) is 0 Å². The molecule has 10 heteroatoms. The van der Waals surface area contributed by atoms with E-state index in [2.05, 4.69) is 15.2 Å². The maximum atomic E-state index is 12.9. The van der Waals surface area contributed by atoms with E-state index in [0.29, 0.717) is 37.2 Å². The zero-order valence-electron chi connectivity index (χ0n) is 18.3. The summed E-state index contributed by atoms with van der Waals surface area (Å²) < 4.78 is 1.95. The normalized spacial score (nSPS) is 13.8. The zero-order chi connectivity index (χ0) is 23.3. The Bertz CT molecular complexity index is 1250. The van der Waals surface area contributed by atoms with Gasteiger partial charge in [0.25, 0.3) is 5.91 Å². The lowest BCUT2D eigenvalue weighted by Crippen LogP contribution is -2.51. The van der Waals surface area contributed by atoms with Crippen LogP contribution in [0.4, 0.5) is 0 Å². The third-order valence-electron chi connectivity index (χ3n) is 5.54. The highest BCUT2D eigenvalue weighted by Crippen LogP contribution is 2.27. The van der Waals surface area contributed by atoms with Crippen LogP contribution >= 0.6 is 23.1 Å². The predicted octanol–water partition coefficient (Wildman–Crippen LogP) is 3.47. The van der Waals surface area contributed by atoms with Crippen molar-refractivity contribution in [2.75, 3.05) is 31.9 Å². The van der Waals surface area contributed by atoms with Crippen LogP contribution in [0.1, 0.15) is 9.67 Å². The largest absolute Gasteiger partial charge is 0.338 e. The number of aromatic nitrogens is 4. The Labute approximate surface area is 205 Å². The molecule has 0 bridgehead atoms. The molecule has 1 aromatic carbocycles. The molecule has 0 N–H and O–H groups in total. The lowest BCUT2D eigenvalue weighted by Gasteiger charge is -2.34. The highest BCUT2D eigenvalue weighted by molar-refractivity contribution is 7.99. The van der Waals surface area contributed by atoms with Crippen LogP contribution in [-0.2, 0) is 4.79 Å². The van der Waals surface area contributed by atoms with Crippen molar-refractivity contribution >= 4 is 34.9 Å². The molecule has 3 aromatic heterocycles. The quantitative estimate of drug-likeness (QED) is 0.385. The molecular formula is C24H22N6O2S2. The molecule has 1 saturated heterocycles. The van der Waals surface area contributed by atoms with Gasteiger partial charge in [0.2, 0.25) is 5.91 Å². The number of thiophene rings is 1. The smallest absolute Gasteiger partial charge is 0.264 e. The van der Waals surface area contributed by atoms with Gasteiger partial charge in [-0.05, 0) is 35.7 Å². The van der Waals surface area contributed by atoms with Gasteiger partial charge in [0, 0.05) is 49.8 Å². The fourth-order valence-corrected chi connectivity index (χ4v) is 5.33. The molecule has 0 saturated carbocycles. The Kier molecular flexibility index (Phi) is 6.68. The fraction of sp³-hybridized carbons (Fsp3) is 0.208. The van der Waals surface area contributed by atoms with Crippen LogP contribution < -0.4 is 0 Å². The molecule has 34 heavy (non-hydrogen) atoms. The minimum atomic E-state index is 0.0266. The van der Waals surface area contributed by atoms with Crippen LogP contribution in [0.15, 0.2) is 77.5 Å². The number of pyridine rings is 1. The van der Waals surface area contributed by atoms with E-state index in [9.17, 15) is 9.59 Å². The first kappa shape index (κ1) is 22.3. The van der Waals surface area contributed by atoms with Gasteiger partial charge in [-0.2, -0.15) is 0 Å². The molecule has 4 heterocycles. The van der Waals surface area contributed by atoms with Crippen LogP contribution in [0.3, 0.4) is 0 Å². The van der Waals surface area contributed by atoms with E-state index in [0.717, 1.165) is 16.1 Å². The zero-order valence-corrected chi connectivity index (χ0v) is 19.9. The van der Waals surface area contributed by atoms with Crippen molar-refractivity contribution in [3.8, 4) is 17.1 Å². The van der Waals surface area contributed by atoms with Crippen molar-refractivity contribution in [2.45, 2.75) is 5.16 Å². The Morgan fingerprint density at radius 1 is 0.912 bits per heavy atom. The fourth-order valence-electron chi connectivity index (χ4n) is 3.79. The number of carbonyl (C=O) groups excluding carboxylic acids is 2. The lowest BCUT2D eigenvalue weighted by atomic mass is 10.2. The Balaban J connectivity index is 1.26. The molecule has 0 atom stereocenters. The molecule has 5 rings (SSSR count). The molecule has 4 aromatic rings. The highest BCUT2D eigenvalue weighted by atomic mass is 32.2. The van der Waals surface area contributed by atoms with Gasteiger partial charge in [0.15, 0.2) is 11.0 Å². The molecule has 0 radical (unpaired) electrons. The lowest BCUT2D eigenvalue weighted by molar-refractivity contribution is -0.129. The van der Waals surface area contributed by atoms with Gasteiger partial charge in [0.05, 0.1) is 10.6 Å². The van der Waals surface area contributed by atoms with Gasteiger partial charge in [-0.3, -0.25) is 19.1 Å². The first-order valence-electron chi connectivity index (χ1n) is 10.9. The van der Waals surface area contributed by atoms with Gasteiger partial charge < -0.3 is 9.80 Å².